The highest BCUT2D eigenvalue weighted by Crippen LogP contribution is 2.34. The molecular formula is C9H6B2BrNO2S. The molecule has 1 N–H and O–H groups in total. The van der Waals surface area contributed by atoms with Crippen LogP contribution in [0.25, 0.3) is 10.2 Å². The second kappa shape index (κ2) is 4.05. The predicted molar refractivity (Wildman–Crippen MR) is 69.3 cm³/mol. The van der Waals surface area contributed by atoms with Crippen LogP contribution in [0, 0.1) is 0 Å². The molecule has 0 aliphatic heterocycles. The molecule has 0 amide bonds. The lowest BCUT2D eigenvalue weighted by Gasteiger charge is -2.20. The summed E-state index contributed by atoms with van der Waals surface area (Å²) in [6.07, 6.45) is 0. The van der Waals surface area contributed by atoms with Crippen LogP contribution in [0.3, 0.4) is 0 Å². The van der Waals surface area contributed by atoms with Gasteiger partial charge in [-0.3, -0.25) is 0 Å². The Kier molecular flexibility index (Phi) is 3.03. The molecule has 16 heavy (non-hydrogen) atoms. The van der Waals surface area contributed by atoms with Crippen LogP contribution in [0.1, 0.15) is 5.56 Å². The van der Waals surface area contributed by atoms with Gasteiger partial charge in [-0.25, -0.2) is 4.98 Å². The molecule has 2 rings (SSSR count). The Morgan fingerprint density at radius 2 is 2.19 bits per heavy atom. The lowest BCUT2D eigenvalue weighted by Crippen LogP contribution is -2.26. The molecule has 0 aliphatic carbocycles. The zero-order valence-corrected chi connectivity index (χ0v) is 10.8. The highest BCUT2D eigenvalue weighted by molar-refractivity contribution is 9.11. The Morgan fingerprint density at radius 1 is 1.50 bits per heavy atom. The van der Waals surface area contributed by atoms with Gasteiger partial charge in [0.05, 0.1) is 17.3 Å². The van der Waals surface area contributed by atoms with Crippen LogP contribution in [-0.4, -0.2) is 32.9 Å². The smallest absolute Gasteiger partial charge is 0.160 e. The zero-order chi connectivity index (χ0) is 11.9. The molecule has 1 aromatic heterocycles. The fourth-order valence-electron chi connectivity index (χ4n) is 1.40. The van der Waals surface area contributed by atoms with Gasteiger partial charge in [-0.05, 0) is 33.6 Å². The van der Waals surface area contributed by atoms with Crippen LogP contribution in [0.4, 0.5) is 0 Å². The zero-order valence-electron chi connectivity index (χ0n) is 8.40. The van der Waals surface area contributed by atoms with E-state index in [1.807, 2.05) is 6.07 Å². The molecule has 0 bridgehead atoms. The molecule has 1 heterocycles. The average Bonchev–Trinajstić information content (AvgIpc) is 2.54. The summed E-state index contributed by atoms with van der Waals surface area (Å²) in [5.41, 5.74) is 0.911. The van der Waals surface area contributed by atoms with Crippen LogP contribution < -0.4 is 4.74 Å². The van der Waals surface area contributed by atoms with Crippen molar-refractivity contribution in [3.8, 4) is 5.75 Å². The summed E-state index contributed by atoms with van der Waals surface area (Å²) in [4.78, 5) is 4.21. The Morgan fingerprint density at radius 3 is 2.75 bits per heavy atom. The SMILES string of the molecule is [B]C([B])(O)c1cc(OC)cc2sc(Br)nc12. The van der Waals surface area contributed by atoms with E-state index in [1.54, 1.807) is 6.07 Å². The summed E-state index contributed by atoms with van der Waals surface area (Å²) in [7, 11) is 12.5. The molecule has 7 heteroatoms. The van der Waals surface area contributed by atoms with Crippen molar-refractivity contribution in [3.63, 3.8) is 0 Å². The molecule has 0 saturated heterocycles. The Bertz CT molecular complexity index is 538. The third-order valence-electron chi connectivity index (χ3n) is 2.11. The molecule has 0 fully saturated rings. The molecule has 0 saturated carbocycles. The third kappa shape index (κ3) is 2.12. The number of hydrogen-bond donors (Lipinski definition) is 1. The van der Waals surface area contributed by atoms with E-state index in [2.05, 4.69) is 20.9 Å². The van der Waals surface area contributed by atoms with E-state index in [-0.39, 0.29) is 0 Å². The van der Waals surface area contributed by atoms with Gasteiger partial charge in [-0.15, -0.1) is 11.3 Å². The van der Waals surface area contributed by atoms with Gasteiger partial charge in [0.15, 0.2) is 3.92 Å². The van der Waals surface area contributed by atoms with Gasteiger partial charge < -0.3 is 9.84 Å². The number of aromatic nitrogens is 1. The molecule has 2 aromatic rings. The summed E-state index contributed by atoms with van der Waals surface area (Å²) in [6.45, 7) is 0. The van der Waals surface area contributed by atoms with Crippen molar-refractivity contribution in [2.75, 3.05) is 7.11 Å². The number of hydrogen-bond acceptors (Lipinski definition) is 4. The van der Waals surface area contributed by atoms with Crippen LogP contribution in [0.2, 0.25) is 0 Å². The lowest BCUT2D eigenvalue weighted by molar-refractivity contribution is 0.218. The number of aliphatic hydroxyl groups is 1. The van der Waals surface area contributed by atoms with Gasteiger partial charge in [-0.1, -0.05) is 0 Å². The van der Waals surface area contributed by atoms with Gasteiger partial charge in [0.1, 0.15) is 21.4 Å². The first-order chi connectivity index (χ1) is 7.41. The van der Waals surface area contributed by atoms with Crippen molar-refractivity contribution in [2.24, 2.45) is 0 Å². The maximum absolute atomic E-state index is 9.67. The normalized spacial score (nSPS) is 11.9. The van der Waals surface area contributed by atoms with Crippen LogP contribution in [0.15, 0.2) is 16.0 Å². The fraction of sp³-hybridized carbons (Fsp3) is 0.222. The first kappa shape index (κ1) is 12.0. The van der Waals surface area contributed by atoms with E-state index in [1.165, 1.54) is 18.4 Å². The molecule has 4 radical (unpaired) electrons. The van der Waals surface area contributed by atoms with Gasteiger partial charge in [0.25, 0.3) is 0 Å². The number of methoxy groups -OCH3 is 1. The fourth-order valence-corrected chi connectivity index (χ4v) is 2.85. The molecule has 0 aliphatic rings. The van der Waals surface area contributed by atoms with Crippen LogP contribution in [-0.2, 0) is 5.40 Å². The number of thiazole rings is 1. The van der Waals surface area contributed by atoms with Crippen LogP contribution in [0.5, 0.6) is 5.75 Å². The predicted octanol–water partition coefficient (Wildman–Crippen LogP) is 1.51. The standard InChI is InChI=1S/C9H6B2BrNO2S/c1-15-4-2-5(9(10,11)14)7-6(3-4)16-8(12)13-7/h2-3,14H,1H3. The number of ether oxygens (including phenoxy) is 1. The minimum atomic E-state index is -1.93. The molecule has 0 unspecified atom stereocenters. The van der Waals surface area contributed by atoms with E-state index in [0.29, 0.717) is 20.7 Å². The molecule has 3 nitrogen and oxygen atoms in total. The van der Waals surface area contributed by atoms with Gasteiger partial charge in [-0.2, -0.15) is 0 Å². The summed E-state index contributed by atoms with van der Waals surface area (Å²) in [5.74, 6) is 0.577. The van der Waals surface area contributed by atoms with E-state index < -0.39 is 5.40 Å². The second-order valence-electron chi connectivity index (χ2n) is 3.31. The molecule has 0 spiro atoms. The quantitative estimate of drug-likeness (QED) is 0.854. The van der Waals surface area contributed by atoms with Gasteiger partial charge in [0, 0.05) is 5.40 Å². The van der Waals surface area contributed by atoms with Crippen molar-refractivity contribution in [1.29, 1.82) is 0 Å². The van der Waals surface area contributed by atoms with Crippen molar-refractivity contribution in [3.05, 3.63) is 21.6 Å². The topological polar surface area (TPSA) is 42.4 Å². The summed E-state index contributed by atoms with van der Waals surface area (Å²) < 4.78 is 6.65. The first-order valence-corrected chi connectivity index (χ1v) is 5.97. The largest absolute Gasteiger partial charge is 0.497 e. The second-order valence-corrected chi connectivity index (χ2v) is 5.62. The Labute approximate surface area is 108 Å². The number of benzene rings is 1. The minimum absolute atomic E-state index is 0.337. The molecule has 78 valence electrons. The minimum Gasteiger partial charge on any atom is -0.497 e. The summed E-state index contributed by atoms with van der Waals surface area (Å²) >= 11 is 4.69. The number of fused-ring (bicyclic) bond motifs is 1. The van der Waals surface area contributed by atoms with Crippen molar-refractivity contribution < 1.29 is 9.84 Å². The maximum Gasteiger partial charge on any atom is 0.160 e. The van der Waals surface area contributed by atoms with E-state index in [0.717, 1.165) is 4.70 Å². The van der Waals surface area contributed by atoms with E-state index in [4.69, 9.17) is 20.4 Å². The van der Waals surface area contributed by atoms with Crippen molar-refractivity contribution >= 4 is 53.2 Å². The Balaban J connectivity index is 2.78. The van der Waals surface area contributed by atoms with Gasteiger partial charge >= 0.3 is 0 Å². The number of rotatable bonds is 2. The highest BCUT2D eigenvalue weighted by atomic mass is 79.9. The van der Waals surface area contributed by atoms with Crippen molar-refractivity contribution in [2.45, 2.75) is 5.40 Å². The number of nitrogens with zero attached hydrogens (tertiary/aromatic N) is 1. The monoisotopic (exact) mass is 293 g/mol. The maximum atomic E-state index is 9.67. The number of halogens is 1. The lowest BCUT2D eigenvalue weighted by atomic mass is 9.61. The van der Waals surface area contributed by atoms with Crippen LogP contribution >= 0.6 is 27.3 Å². The summed E-state index contributed by atoms with van der Waals surface area (Å²) in [6, 6.07) is 3.39. The average molecular weight is 294 g/mol. The van der Waals surface area contributed by atoms with Gasteiger partial charge in [0.2, 0.25) is 0 Å². The third-order valence-corrected chi connectivity index (χ3v) is 3.56. The van der Waals surface area contributed by atoms with E-state index >= 15 is 0 Å². The molecular weight excluding hydrogens is 288 g/mol. The molecule has 0 atom stereocenters. The first-order valence-electron chi connectivity index (χ1n) is 4.36. The highest BCUT2D eigenvalue weighted by Gasteiger charge is 2.21. The summed E-state index contributed by atoms with van der Waals surface area (Å²) in [5, 5.41) is 7.74. The molecule has 1 aromatic carbocycles. The Hall–Kier alpha value is -0.520. The van der Waals surface area contributed by atoms with E-state index in [9.17, 15) is 5.11 Å². The van der Waals surface area contributed by atoms with Crippen molar-refractivity contribution in [1.82, 2.24) is 4.98 Å².